The Balaban J connectivity index is 1.65. The highest BCUT2D eigenvalue weighted by Gasteiger charge is 2.43. The minimum atomic E-state index is -1.44. The number of ether oxygens (including phenoxy) is 1. The molecule has 142 valence electrons. The molecule has 1 fully saturated rings. The fraction of sp³-hybridized carbons (Fsp3) is 0.316. The van der Waals surface area contributed by atoms with Crippen LogP contribution >= 0.6 is 0 Å². The molecule has 8 nitrogen and oxygen atoms in total. The summed E-state index contributed by atoms with van der Waals surface area (Å²) in [5, 5.41) is 42.5. The Hall–Kier alpha value is -2.49. The number of aromatic amines is 1. The number of hydrogen-bond donors (Lipinski definition) is 6. The number of hydrogen-bond acceptors (Lipinski definition) is 7. The fourth-order valence-corrected chi connectivity index (χ4v) is 3.27. The van der Waals surface area contributed by atoms with Gasteiger partial charge in [0.15, 0.2) is 6.23 Å². The molecule has 0 amide bonds. The van der Waals surface area contributed by atoms with Crippen molar-refractivity contribution in [3.63, 3.8) is 0 Å². The smallest absolute Gasteiger partial charge is 0.157 e. The molecular formula is C19H21N3O5. The van der Waals surface area contributed by atoms with Crippen LogP contribution in [0.15, 0.2) is 48.5 Å². The van der Waals surface area contributed by atoms with Crippen LogP contribution in [0, 0.1) is 0 Å². The second-order valence-electron chi connectivity index (χ2n) is 6.54. The van der Waals surface area contributed by atoms with Gasteiger partial charge in [0.05, 0.1) is 17.6 Å². The van der Waals surface area contributed by atoms with Crippen LogP contribution < -0.4 is 5.32 Å². The molecule has 8 heteroatoms. The van der Waals surface area contributed by atoms with Gasteiger partial charge >= 0.3 is 0 Å². The summed E-state index contributed by atoms with van der Waals surface area (Å²) in [6.07, 6.45) is -6.18. The highest BCUT2D eigenvalue weighted by molar-refractivity contribution is 5.83. The van der Waals surface area contributed by atoms with Gasteiger partial charge in [-0.1, -0.05) is 24.3 Å². The van der Waals surface area contributed by atoms with E-state index in [9.17, 15) is 20.4 Å². The normalized spacial score (nSPS) is 28.4. The number of nitrogens with one attached hydrogen (secondary N) is 2. The molecular weight excluding hydrogens is 350 g/mol. The number of imidazole rings is 1. The molecule has 2 heterocycles. The van der Waals surface area contributed by atoms with Gasteiger partial charge in [-0.25, -0.2) is 4.98 Å². The second kappa shape index (κ2) is 7.26. The molecule has 0 spiro atoms. The Morgan fingerprint density at radius 1 is 0.963 bits per heavy atom. The third kappa shape index (κ3) is 3.29. The molecule has 0 radical (unpaired) electrons. The highest BCUT2D eigenvalue weighted by atomic mass is 16.6. The first-order chi connectivity index (χ1) is 13.1. The summed E-state index contributed by atoms with van der Waals surface area (Å²) in [6.45, 7) is -0.478. The van der Waals surface area contributed by atoms with Crippen LogP contribution in [0.5, 0.6) is 0 Å². The lowest BCUT2D eigenvalue weighted by Gasteiger charge is -2.40. The zero-order chi connectivity index (χ0) is 19.0. The van der Waals surface area contributed by atoms with Crippen LogP contribution in [0.3, 0.4) is 0 Å². The van der Waals surface area contributed by atoms with E-state index in [1.165, 1.54) is 0 Å². The molecule has 1 aliphatic rings. The number of aromatic nitrogens is 2. The summed E-state index contributed by atoms with van der Waals surface area (Å²) in [4.78, 5) is 7.84. The number of anilines is 1. The van der Waals surface area contributed by atoms with Gasteiger partial charge in [0.1, 0.15) is 30.2 Å². The predicted molar refractivity (Wildman–Crippen MR) is 98.9 cm³/mol. The number of benzene rings is 2. The standard InChI is InChI=1S/C19H21N3O5/c23-9-14-15(24)16(25)17(26)19(27-14)22-11-6-2-1-5-10(11)18-20-12-7-3-4-8-13(12)21-18/h1-8,14-17,19,22-26H,9H2,(H,20,21)/t14-,15-,16+,17+,19+/m1/s1. The Morgan fingerprint density at radius 3 is 2.48 bits per heavy atom. The number of nitrogens with zero attached hydrogens (tertiary/aromatic N) is 1. The molecule has 0 saturated carbocycles. The van der Waals surface area contributed by atoms with Gasteiger partial charge in [0.25, 0.3) is 0 Å². The molecule has 0 unspecified atom stereocenters. The van der Waals surface area contributed by atoms with Crippen LogP contribution in [0.25, 0.3) is 22.4 Å². The highest BCUT2D eigenvalue weighted by Crippen LogP contribution is 2.30. The van der Waals surface area contributed by atoms with Crippen LogP contribution in [-0.4, -0.2) is 67.6 Å². The fourth-order valence-electron chi connectivity index (χ4n) is 3.27. The molecule has 27 heavy (non-hydrogen) atoms. The van der Waals surface area contributed by atoms with Gasteiger partial charge in [0.2, 0.25) is 0 Å². The minimum absolute atomic E-state index is 0.478. The van der Waals surface area contributed by atoms with Crippen molar-refractivity contribution in [3.8, 4) is 11.4 Å². The van der Waals surface area contributed by atoms with Crippen molar-refractivity contribution in [1.82, 2.24) is 9.97 Å². The van der Waals surface area contributed by atoms with Crippen molar-refractivity contribution in [3.05, 3.63) is 48.5 Å². The number of aliphatic hydroxyl groups excluding tert-OH is 4. The van der Waals surface area contributed by atoms with Gasteiger partial charge < -0.3 is 35.5 Å². The van der Waals surface area contributed by atoms with Crippen molar-refractivity contribution < 1.29 is 25.2 Å². The zero-order valence-electron chi connectivity index (χ0n) is 14.4. The van der Waals surface area contributed by atoms with Gasteiger partial charge in [-0.05, 0) is 24.3 Å². The zero-order valence-corrected chi connectivity index (χ0v) is 14.4. The van der Waals surface area contributed by atoms with E-state index in [2.05, 4.69) is 15.3 Å². The summed E-state index contributed by atoms with van der Waals surface area (Å²) < 4.78 is 5.53. The Bertz CT molecular complexity index is 895. The molecule has 6 N–H and O–H groups in total. The maximum Gasteiger partial charge on any atom is 0.157 e. The summed E-state index contributed by atoms with van der Waals surface area (Å²) in [5.74, 6) is 0.642. The number of fused-ring (bicyclic) bond motifs is 1. The molecule has 4 rings (SSSR count). The SMILES string of the molecule is OC[C@H]1O[C@H](Nc2ccccc2-c2nc3ccccc3[nH]2)[C@@H](O)[C@@H](O)[C@@H]1O. The van der Waals surface area contributed by atoms with Gasteiger partial charge in [-0.15, -0.1) is 0 Å². The van der Waals surface area contributed by atoms with E-state index in [0.717, 1.165) is 16.6 Å². The van der Waals surface area contributed by atoms with Crippen LogP contribution in [-0.2, 0) is 4.74 Å². The Kier molecular flexibility index (Phi) is 4.81. The first kappa shape index (κ1) is 17.9. The Labute approximate surface area is 155 Å². The van der Waals surface area contributed by atoms with E-state index < -0.39 is 37.3 Å². The Morgan fingerprint density at radius 2 is 1.70 bits per heavy atom. The van der Waals surface area contributed by atoms with Gasteiger partial charge in [-0.2, -0.15) is 0 Å². The molecule has 3 aromatic rings. The van der Waals surface area contributed by atoms with E-state index in [0.29, 0.717) is 11.5 Å². The molecule has 1 saturated heterocycles. The summed E-state index contributed by atoms with van der Waals surface area (Å²) in [7, 11) is 0. The van der Waals surface area contributed by atoms with Crippen molar-refractivity contribution in [2.75, 3.05) is 11.9 Å². The summed E-state index contributed by atoms with van der Waals surface area (Å²) in [6, 6.07) is 15.0. The topological polar surface area (TPSA) is 131 Å². The van der Waals surface area contributed by atoms with Gasteiger partial charge in [-0.3, -0.25) is 0 Å². The minimum Gasteiger partial charge on any atom is -0.394 e. The summed E-state index contributed by atoms with van der Waals surface area (Å²) in [5.41, 5.74) is 3.11. The molecule has 0 aliphatic carbocycles. The summed E-state index contributed by atoms with van der Waals surface area (Å²) >= 11 is 0. The first-order valence-electron chi connectivity index (χ1n) is 8.69. The number of para-hydroxylation sites is 3. The molecule has 0 bridgehead atoms. The maximum atomic E-state index is 10.3. The largest absolute Gasteiger partial charge is 0.394 e. The third-order valence-corrected chi connectivity index (χ3v) is 4.76. The average Bonchev–Trinajstić information content (AvgIpc) is 3.13. The van der Waals surface area contributed by atoms with Crippen molar-refractivity contribution in [2.45, 2.75) is 30.6 Å². The average molecular weight is 371 g/mol. The van der Waals surface area contributed by atoms with Crippen molar-refractivity contribution in [2.24, 2.45) is 0 Å². The van der Waals surface area contributed by atoms with Crippen LogP contribution in [0.2, 0.25) is 0 Å². The van der Waals surface area contributed by atoms with Crippen LogP contribution in [0.1, 0.15) is 0 Å². The molecule has 5 atom stereocenters. The number of H-pyrrole nitrogens is 1. The van der Waals surface area contributed by atoms with E-state index >= 15 is 0 Å². The lowest BCUT2D eigenvalue weighted by atomic mass is 9.98. The second-order valence-corrected chi connectivity index (χ2v) is 6.54. The maximum absolute atomic E-state index is 10.3. The van der Waals surface area contributed by atoms with E-state index in [1.807, 2.05) is 42.5 Å². The number of aliphatic hydroxyl groups is 4. The monoisotopic (exact) mass is 371 g/mol. The van der Waals surface area contributed by atoms with Crippen molar-refractivity contribution >= 4 is 16.7 Å². The van der Waals surface area contributed by atoms with Crippen molar-refractivity contribution in [1.29, 1.82) is 0 Å². The lowest BCUT2D eigenvalue weighted by molar-refractivity contribution is -0.221. The van der Waals surface area contributed by atoms with E-state index in [4.69, 9.17) is 4.74 Å². The first-order valence-corrected chi connectivity index (χ1v) is 8.69. The third-order valence-electron chi connectivity index (χ3n) is 4.76. The lowest BCUT2D eigenvalue weighted by Crippen LogP contribution is -2.60. The predicted octanol–water partition coefficient (Wildman–Crippen LogP) is 0.442. The van der Waals surface area contributed by atoms with E-state index in [1.54, 1.807) is 6.07 Å². The van der Waals surface area contributed by atoms with Crippen LogP contribution in [0.4, 0.5) is 5.69 Å². The molecule has 2 aromatic carbocycles. The molecule has 1 aliphatic heterocycles. The van der Waals surface area contributed by atoms with Gasteiger partial charge in [0, 0.05) is 11.3 Å². The van der Waals surface area contributed by atoms with E-state index in [-0.39, 0.29) is 0 Å². The molecule has 1 aromatic heterocycles. The quantitative estimate of drug-likeness (QED) is 0.392. The number of rotatable bonds is 4.